The van der Waals surface area contributed by atoms with Gasteiger partial charge in [0.25, 0.3) is 0 Å². The first kappa shape index (κ1) is 12.4. The summed E-state index contributed by atoms with van der Waals surface area (Å²) < 4.78 is 1.67. The second kappa shape index (κ2) is 5.06. The molecule has 0 aliphatic heterocycles. The van der Waals surface area contributed by atoms with Crippen molar-refractivity contribution in [3.63, 3.8) is 0 Å². The molecule has 98 valence electrons. The molecule has 0 saturated carbocycles. The third kappa shape index (κ3) is 2.61. The molecule has 19 heavy (non-hydrogen) atoms. The second-order valence-corrected chi connectivity index (χ2v) is 3.51. The number of nitrogens with two attached hydrogens (primary N) is 3. The summed E-state index contributed by atoms with van der Waals surface area (Å²) in [6.07, 6.45) is 1.53. The van der Waals surface area contributed by atoms with Crippen molar-refractivity contribution in [1.29, 1.82) is 0 Å². The van der Waals surface area contributed by atoms with E-state index in [4.69, 9.17) is 22.7 Å². The van der Waals surface area contributed by atoms with Gasteiger partial charge in [0, 0.05) is 18.0 Å². The van der Waals surface area contributed by atoms with Crippen molar-refractivity contribution in [2.24, 2.45) is 21.6 Å². The standard InChI is InChI=1S/C8H11N11/c9-7(10)15-5-4-6(17-8(11)16-5)19(3-13-4)2-1-14-18-12/h3H,1-2H2,(H6,9,10,11,15,16,17). The lowest BCUT2D eigenvalue weighted by Crippen LogP contribution is -2.22. The van der Waals surface area contributed by atoms with Gasteiger partial charge in [0.2, 0.25) is 5.95 Å². The van der Waals surface area contributed by atoms with Crippen LogP contribution in [0.2, 0.25) is 0 Å². The van der Waals surface area contributed by atoms with E-state index in [1.807, 2.05) is 0 Å². The maximum Gasteiger partial charge on any atom is 0.224 e. The molecule has 0 fully saturated rings. The molecular formula is C8H11N11. The molecule has 0 radical (unpaired) electrons. The number of hydrogen-bond acceptors (Lipinski definition) is 6. The van der Waals surface area contributed by atoms with Crippen molar-refractivity contribution in [3.8, 4) is 0 Å². The number of rotatable bonds is 4. The number of guanidine groups is 1. The third-order valence-corrected chi connectivity index (χ3v) is 2.20. The second-order valence-electron chi connectivity index (χ2n) is 3.51. The third-order valence-electron chi connectivity index (χ3n) is 2.20. The zero-order valence-corrected chi connectivity index (χ0v) is 9.80. The molecular weight excluding hydrogens is 250 g/mol. The number of imidazole rings is 1. The summed E-state index contributed by atoms with van der Waals surface area (Å²) in [5.41, 5.74) is 25.3. The summed E-state index contributed by atoms with van der Waals surface area (Å²) in [6, 6.07) is 0. The van der Waals surface area contributed by atoms with E-state index in [0.717, 1.165) is 0 Å². The lowest BCUT2D eigenvalue weighted by molar-refractivity contribution is 0.719. The maximum absolute atomic E-state index is 8.24. The van der Waals surface area contributed by atoms with Gasteiger partial charge in [0.15, 0.2) is 22.9 Å². The smallest absolute Gasteiger partial charge is 0.224 e. The van der Waals surface area contributed by atoms with Gasteiger partial charge in [-0.25, -0.2) is 4.98 Å². The Balaban J connectivity index is 2.50. The topological polar surface area (TPSA) is 183 Å². The lowest BCUT2D eigenvalue weighted by atomic mass is 10.5. The molecule has 0 aliphatic rings. The Morgan fingerprint density at radius 2 is 2.21 bits per heavy atom. The van der Waals surface area contributed by atoms with E-state index in [1.54, 1.807) is 4.57 Å². The van der Waals surface area contributed by atoms with E-state index in [0.29, 0.717) is 17.7 Å². The molecule has 2 aromatic rings. The first-order valence-electron chi connectivity index (χ1n) is 5.20. The van der Waals surface area contributed by atoms with Gasteiger partial charge >= 0.3 is 0 Å². The van der Waals surface area contributed by atoms with Crippen molar-refractivity contribution in [3.05, 3.63) is 16.8 Å². The molecule has 0 saturated heterocycles. The zero-order valence-electron chi connectivity index (χ0n) is 9.80. The van der Waals surface area contributed by atoms with Gasteiger partial charge in [-0.15, -0.1) is 0 Å². The number of nitrogens with zero attached hydrogens (tertiary/aromatic N) is 8. The summed E-state index contributed by atoms with van der Waals surface area (Å²) in [5.74, 6) is 0.0751. The van der Waals surface area contributed by atoms with E-state index in [2.05, 4.69) is 30.0 Å². The predicted octanol–water partition coefficient (Wildman–Crippen LogP) is -0.376. The Hall–Kier alpha value is -3.07. The molecule has 2 rings (SSSR count). The highest BCUT2D eigenvalue weighted by atomic mass is 15.2. The molecule has 0 aliphatic carbocycles. The van der Waals surface area contributed by atoms with Gasteiger partial charge in [-0.1, -0.05) is 5.11 Å². The monoisotopic (exact) mass is 261 g/mol. The van der Waals surface area contributed by atoms with Crippen molar-refractivity contribution in [1.82, 2.24) is 19.5 Å². The Kier molecular flexibility index (Phi) is 3.30. The highest BCUT2D eigenvalue weighted by Gasteiger charge is 2.11. The highest BCUT2D eigenvalue weighted by Crippen LogP contribution is 2.21. The van der Waals surface area contributed by atoms with Crippen molar-refractivity contribution in [2.75, 3.05) is 12.3 Å². The number of hydrogen-bond donors (Lipinski definition) is 3. The predicted molar refractivity (Wildman–Crippen MR) is 69.2 cm³/mol. The lowest BCUT2D eigenvalue weighted by Gasteiger charge is -2.02. The number of aliphatic imine (C=N–C) groups is 1. The number of nitrogen functional groups attached to an aromatic ring is 1. The average Bonchev–Trinajstić information content (AvgIpc) is 2.72. The van der Waals surface area contributed by atoms with Crippen LogP contribution in [0.5, 0.6) is 0 Å². The number of anilines is 1. The van der Waals surface area contributed by atoms with Gasteiger partial charge in [-0.2, -0.15) is 15.0 Å². The summed E-state index contributed by atoms with van der Waals surface area (Å²) in [5, 5.41) is 3.44. The first-order valence-corrected chi connectivity index (χ1v) is 5.20. The summed E-state index contributed by atoms with van der Waals surface area (Å²) in [6.45, 7) is 0.682. The van der Waals surface area contributed by atoms with Crippen LogP contribution in [0.3, 0.4) is 0 Å². The van der Waals surface area contributed by atoms with E-state index >= 15 is 0 Å². The molecule has 0 spiro atoms. The maximum atomic E-state index is 8.24. The van der Waals surface area contributed by atoms with E-state index in [-0.39, 0.29) is 24.3 Å². The van der Waals surface area contributed by atoms with E-state index in [9.17, 15) is 0 Å². The fraction of sp³-hybridized carbons (Fsp3) is 0.250. The minimum atomic E-state index is -0.150. The van der Waals surface area contributed by atoms with E-state index < -0.39 is 0 Å². The summed E-state index contributed by atoms with van der Waals surface area (Å²) in [4.78, 5) is 18.6. The Morgan fingerprint density at radius 1 is 1.42 bits per heavy atom. The minimum Gasteiger partial charge on any atom is -0.370 e. The van der Waals surface area contributed by atoms with Crippen LogP contribution in [-0.4, -0.2) is 32.0 Å². The van der Waals surface area contributed by atoms with Crippen molar-refractivity contribution in [2.45, 2.75) is 6.54 Å². The van der Waals surface area contributed by atoms with Gasteiger partial charge in [0.05, 0.1) is 6.33 Å². The molecule has 6 N–H and O–H groups in total. The SMILES string of the molecule is [N-]=[N+]=NCCn1cnc2c(N=C(N)N)nc(N)nc21. The van der Waals surface area contributed by atoms with Gasteiger partial charge < -0.3 is 21.8 Å². The Bertz CT molecular complexity index is 673. The normalized spacial score (nSPS) is 10.1. The number of azide groups is 1. The summed E-state index contributed by atoms with van der Waals surface area (Å²) >= 11 is 0. The summed E-state index contributed by atoms with van der Waals surface area (Å²) in [7, 11) is 0. The molecule has 0 atom stereocenters. The van der Waals surface area contributed by atoms with Crippen LogP contribution in [0.4, 0.5) is 11.8 Å². The number of aromatic nitrogens is 4. The Morgan fingerprint density at radius 3 is 2.89 bits per heavy atom. The fourth-order valence-electron chi connectivity index (χ4n) is 1.51. The first-order chi connectivity index (χ1) is 9.11. The molecule has 0 aromatic carbocycles. The molecule has 0 bridgehead atoms. The number of fused-ring (bicyclic) bond motifs is 1. The van der Waals surface area contributed by atoms with Crippen LogP contribution >= 0.6 is 0 Å². The van der Waals surface area contributed by atoms with Crippen molar-refractivity contribution >= 4 is 28.9 Å². The molecule has 2 heterocycles. The molecule has 2 aromatic heterocycles. The molecule has 0 amide bonds. The minimum absolute atomic E-state index is 0.0260. The highest BCUT2D eigenvalue weighted by molar-refractivity contribution is 5.87. The van der Waals surface area contributed by atoms with E-state index in [1.165, 1.54) is 6.33 Å². The van der Waals surface area contributed by atoms with Crippen LogP contribution < -0.4 is 17.2 Å². The fourth-order valence-corrected chi connectivity index (χ4v) is 1.51. The molecule has 11 nitrogen and oxygen atoms in total. The van der Waals surface area contributed by atoms with Crippen LogP contribution in [0.25, 0.3) is 21.6 Å². The van der Waals surface area contributed by atoms with Crippen molar-refractivity contribution < 1.29 is 0 Å². The van der Waals surface area contributed by atoms with Gasteiger partial charge in [-0.3, -0.25) is 0 Å². The molecule has 0 unspecified atom stereocenters. The zero-order chi connectivity index (χ0) is 13.8. The van der Waals surface area contributed by atoms with Crippen LogP contribution in [0.1, 0.15) is 0 Å². The van der Waals surface area contributed by atoms with Crippen LogP contribution in [0, 0.1) is 0 Å². The molecule has 11 heteroatoms. The average molecular weight is 261 g/mol. The van der Waals surface area contributed by atoms with Crippen LogP contribution in [-0.2, 0) is 6.54 Å². The van der Waals surface area contributed by atoms with Crippen LogP contribution in [0.15, 0.2) is 16.4 Å². The Labute approximate surface area is 106 Å². The quantitative estimate of drug-likeness (QED) is 0.221. The largest absolute Gasteiger partial charge is 0.370 e. The van der Waals surface area contributed by atoms with Gasteiger partial charge in [-0.05, 0) is 5.53 Å². The van der Waals surface area contributed by atoms with Gasteiger partial charge in [0.1, 0.15) is 0 Å².